The highest BCUT2D eigenvalue weighted by Crippen LogP contribution is 2.21. The van der Waals surface area contributed by atoms with Crippen molar-refractivity contribution in [2.75, 3.05) is 18.8 Å². The molecule has 4 heteroatoms. The van der Waals surface area contributed by atoms with Gasteiger partial charge in [0.25, 0.3) is 0 Å². The van der Waals surface area contributed by atoms with Gasteiger partial charge in [0, 0.05) is 37.3 Å². The fourth-order valence-corrected chi connectivity index (χ4v) is 1.93. The van der Waals surface area contributed by atoms with Gasteiger partial charge in [-0.15, -0.1) is 0 Å². The molecule has 0 unspecified atom stereocenters. The molecule has 0 aliphatic rings. The van der Waals surface area contributed by atoms with E-state index in [-0.39, 0.29) is 5.75 Å². The van der Waals surface area contributed by atoms with E-state index in [4.69, 9.17) is 11.0 Å². The van der Waals surface area contributed by atoms with Crippen LogP contribution in [0.2, 0.25) is 0 Å². The van der Waals surface area contributed by atoms with Gasteiger partial charge in [-0.2, -0.15) is 5.26 Å². The number of phenols is 1. The molecule has 0 aliphatic carbocycles. The molecule has 0 fully saturated rings. The van der Waals surface area contributed by atoms with E-state index in [2.05, 4.69) is 24.8 Å². The van der Waals surface area contributed by atoms with Crippen LogP contribution in [0.4, 0.5) is 5.69 Å². The minimum Gasteiger partial charge on any atom is -0.508 e. The second kappa shape index (κ2) is 6.87. The number of aromatic hydroxyl groups is 1. The highest BCUT2D eigenvalue weighted by atomic mass is 16.3. The average Bonchev–Trinajstić information content (AvgIpc) is 2.30. The van der Waals surface area contributed by atoms with E-state index < -0.39 is 0 Å². The number of phenolic OH excluding ortho intramolecular Hbond substituents is 1. The lowest BCUT2D eigenvalue weighted by molar-refractivity contribution is 0.238. The summed E-state index contributed by atoms with van der Waals surface area (Å²) in [5.74, 6) is 0.779. The summed E-state index contributed by atoms with van der Waals surface area (Å²) in [6, 6.07) is 7.24. The minimum absolute atomic E-state index is 0.259. The number of hydrogen-bond acceptors (Lipinski definition) is 4. The third-order valence-corrected chi connectivity index (χ3v) is 2.66. The van der Waals surface area contributed by atoms with Crippen molar-refractivity contribution in [3.05, 3.63) is 23.8 Å². The van der Waals surface area contributed by atoms with Crippen LogP contribution >= 0.6 is 0 Å². The fourth-order valence-electron chi connectivity index (χ4n) is 1.93. The fraction of sp³-hybridized carbons (Fsp3) is 0.500. The van der Waals surface area contributed by atoms with Gasteiger partial charge in [0.05, 0.1) is 6.07 Å². The Balaban J connectivity index is 2.75. The zero-order chi connectivity index (χ0) is 13.5. The number of anilines is 1. The summed E-state index contributed by atoms with van der Waals surface area (Å²) in [4.78, 5) is 2.17. The van der Waals surface area contributed by atoms with Crippen molar-refractivity contribution in [1.82, 2.24) is 4.90 Å². The lowest BCUT2D eigenvalue weighted by Gasteiger charge is -2.23. The molecule has 1 aromatic carbocycles. The molecule has 18 heavy (non-hydrogen) atoms. The van der Waals surface area contributed by atoms with Crippen LogP contribution in [0, 0.1) is 17.2 Å². The number of rotatable bonds is 6. The van der Waals surface area contributed by atoms with Crippen LogP contribution in [0.25, 0.3) is 0 Å². The van der Waals surface area contributed by atoms with Crippen LogP contribution in [-0.4, -0.2) is 23.1 Å². The van der Waals surface area contributed by atoms with E-state index in [0.29, 0.717) is 31.1 Å². The molecule has 0 heterocycles. The summed E-state index contributed by atoms with van der Waals surface area (Å²) in [6.07, 6.45) is 0.496. The van der Waals surface area contributed by atoms with E-state index in [9.17, 15) is 5.11 Å². The van der Waals surface area contributed by atoms with Gasteiger partial charge in [0.1, 0.15) is 5.75 Å². The van der Waals surface area contributed by atoms with Crippen molar-refractivity contribution in [3.63, 3.8) is 0 Å². The predicted octanol–water partition coefficient (Wildman–Crippen LogP) is 2.35. The normalized spacial score (nSPS) is 10.8. The molecular weight excluding hydrogens is 226 g/mol. The molecule has 0 saturated heterocycles. The molecule has 3 N–H and O–H groups in total. The highest BCUT2D eigenvalue weighted by Gasteiger charge is 2.10. The SMILES string of the molecule is CC(C)CN(CCC#N)Cc1cc(N)ccc1O. The number of nitrogens with zero attached hydrogens (tertiary/aromatic N) is 2. The van der Waals surface area contributed by atoms with E-state index in [1.807, 2.05) is 0 Å². The smallest absolute Gasteiger partial charge is 0.120 e. The molecule has 0 spiro atoms. The Morgan fingerprint density at radius 2 is 2.17 bits per heavy atom. The van der Waals surface area contributed by atoms with Crippen LogP contribution in [0.15, 0.2) is 18.2 Å². The molecule has 0 bridgehead atoms. The maximum absolute atomic E-state index is 9.80. The topological polar surface area (TPSA) is 73.3 Å². The molecule has 98 valence electrons. The highest BCUT2D eigenvalue weighted by molar-refractivity contribution is 5.47. The number of nitrogen functional groups attached to an aromatic ring is 1. The average molecular weight is 247 g/mol. The molecule has 4 nitrogen and oxygen atoms in total. The zero-order valence-corrected chi connectivity index (χ0v) is 11.1. The van der Waals surface area contributed by atoms with Crippen molar-refractivity contribution in [2.24, 2.45) is 5.92 Å². The van der Waals surface area contributed by atoms with Gasteiger partial charge in [-0.3, -0.25) is 4.90 Å². The summed E-state index contributed by atoms with van der Waals surface area (Å²) in [5, 5.41) is 18.5. The van der Waals surface area contributed by atoms with Gasteiger partial charge in [-0.05, 0) is 24.1 Å². The van der Waals surface area contributed by atoms with Crippen LogP contribution < -0.4 is 5.73 Å². The van der Waals surface area contributed by atoms with Gasteiger partial charge in [-0.1, -0.05) is 13.8 Å². The van der Waals surface area contributed by atoms with Gasteiger partial charge in [-0.25, -0.2) is 0 Å². The van der Waals surface area contributed by atoms with Crippen LogP contribution in [0.5, 0.6) is 5.75 Å². The van der Waals surface area contributed by atoms with Crippen molar-refractivity contribution >= 4 is 5.69 Å². The minimum atomic E-state index is 0.259. The Labute approximate surface area is 109 Å². The molecule has 0 saturated carbocycles. The van der Waals surface area contributed by atoms with Gasteiger partial charge >= 0.3 is 0 Å². The number of nitrogens with two attached hydrogens (primary N) is 1. The number of hydrogen-bond donors (Lipinski definition) is 2. The predicted molar refractivity (Wildman–Crippen MR) is 72.9 cm³/mol. The first kappa shape index (κ1) is 14.3. The first-order chi connectivity index (χ1) is 8.52. The van der Waals surface area contributed by atoms with Crippen molar-refractivity contribution in [1.29, 1.82) is 5.26 Å². The van der Waals surface area contributed by atoms with Crippen molar-refractivity contribution in [3.8, 4) is 11.8 Å². The summed E-state index contributed by atoms with van der Waals surface area (Å²) < 4.78 is 0. The zero-order valence-electron chi connectivity index (χ0n) is 11.1. The molecule has 1 rings (SSSR count). The molecule has 1 aromatic rings. The van der Waals surface area contributed by atoms with E-state index in [1.165, 1.54) is 0 Å². The summed E-state index contributed by atoms with van der Waals surface area (Å²) in [7, 11) is 0. The Hall–Kier alpha value is -1.73. The quantitative estimate of drug-likeness (QED) is 0.598. The van der Waals surface area contributed by atoms with Gasteiger partial charge in [0.15, 0.2) is 0 Å². The van der Waals surface area contributed by atoms with Crippen molar-refractivity contribution < 1.29 is 5.11 Å². The maximum atomic E-state index is 9.80. The lowest BCUT2D eigenvalue weighted by Crippen LogP contribution is -2.28. The molecule has 0 radical (unpaired) electrons. The Kier molecular flexibility index (Phi) is 5.47. The van der Waals surface area contributed by atoms with Gasteiger partial charge in [0.2, 0.25) is 0 Å². The summed E-state index contributed by atoms with van der Waals surface area (Å²) in [6.45, 7) is 6.51. The van der Waals surface area contributed by atoms with E-state index in [1.54, 1.807) is 18.2 Å². The summed E-state index contributed by atoms with van der Waals surface area (Å²) in [5.41, 5.74) is 7.18. The molecule has 0 aromatic heterocycles. The number of benzene rings is 1. The third-order valence-electron chi connectivity index (χ3n) is 2.66. The molecule has 0 aliphatic heterocycles. The Bertz CT molecular complexity index is 424. The second-order valence-electron chi connectivity index (χ2n) is 4.93. The first-order valence-corrected chi connectivity index (χ1v) is 6.19. The van der Waals surface area contributed by atoms with Crippen LogP contribution in [-0.2, 0) is 6.54 Å². The monoisotopic (exact) mass is 247 g/mol. The Morgan fingerprint density at radius 3 is 2.78 bits per heavy atom. The maximum Gasteiger partial charge on any atom is 0.120 e. The largest absolute Gasteiger partial charge is 0.508 e. The lowest BCUT2D eigenvalue weighted by atomic mass is 10.1. The molecular formula is C14H21N3O. The first-order valence-electron chi connectivity index (χ1n) is 6.19. The third kappa shape index (κ3) is 4.64. The van der Waals surface area contributed by atoms with Crippen LogP contribution in [0.3, 0.4) is 0 Å². The Morgan fingerprint density at radius 1 is 1.44 bits per heavy atom. The van der Waals surface area contributed by atoms with Crippen LogP contribution in [0.1, 0.15) is 25.8 Å². The molecule has 0 amide bonds. The van der Waals surface area contributed by atoms with Crippen molar-refractivity contribution in [2.45, 2.75) is 26.8 Å². The second-order valence-corrected chi connectivity index (χ2v) is 4.93. The number of nitriles is 1. The van der Waals surface area contributed by atoms with Gasteiger partial charge < -0.3 is 10.8 Å². The van der Waals surface area contributed by atoms with E-state index >= 15 is 0 Å². The standard InChI is InChI=1S/C14H21N3O/c1-11(2)9-17(7-3-6-15)10-12-8-13(16)4-5-14(12)18/h4-5,8,11,18H,3,7,9-10,16H2,1-2H3. The summed E-state index contributed by atoms with van der Waals surface area (Å²) >= 11 is 0. The van der Waals surface area contributed by atoms with E-state index in [0.717, 1.165) is 12.1 Å². The molecule has 0 atom stereocenters.